The molecular weight excluding hydrogens is 274 g/mol. The van der Waals surface area contributed by atoms with Crippen LogP contribution in [0.3, 0.4) is 0 Å². The van der Waals surface area contributed by atoms with E-state index in [4.69, 9.17) is 4.42 Å². The van der Waals surface area contributed by atoms with Gasteiger partial charge in [-0.1, -0.05) is 45.9 Å². The summed E-state index contributed by atoms with van der Waals surface area (Å²) in [6.45, 7) is 8.45. The Morgan fingerprint density at radius 3 is 2.36 bits per heavy atom. The summed E-state index contributed by atoms with van der Waals surface area (Å²) in [6.07, 6.45) is 0. The number of para-hydroxylation sites is 2. The first-order valence-corrected chi connectivity index (χ1v) is 7.70. The second kappa shape index (κ2) is 5.48. The van der Waals surface area contributed by atoms with Crippen LogP contribution >= 0.6 is 0 Å². The van der Waals surface area contributed by atoms with Gasteiger partial charge in [0.2, 0.25) is 5.89 Å². The quantitative estimate of drug-likeness (QED) is 0.699. The van der Waals surface area contributed by atoms with Crippen LogP contribution in [0.15, 0.2) is 40.8 Å². The van der Waals surface area contributed by atoms with Gasteiger partial charge >= 0.3 is 0 Å². The highest BCUT2D eigenvalue weighted by molar-refractivity contribution is 5.78. The standard InChI is InChI=1S/C19H21NO2/c1-11(2)13-9-14(12(3)4)18(21)15(10-13)19-20-16-7-5-6-8-17(16)22-19/h5-12,21H,1-4H3. The van der Waals surface area contributed by atoms with Crippen molar-refractivity contribution in [2.45, 2.75) is 39.5 Å². The third-order valence-electron chi connectivity index (χ3n) is 3.97. The molecule has 0 fully saturated rings. The van der Waals surface area contributed by atoms with Crippen LogP contribution in [0.2, 0.25) is 0 Å². The number of rotatable bonds is 3. The van der Waals surface area contributed by atoms with Crippen molar-refractivity contribution in [3.05, 3.63) is 47.5 Å². The van der Waals surface area contributed by atoms with E-state index in [1.807, 2.05) is 30.3 Å². The number of hydrogen-bond acceptors (Lipinski definition) is 3. The molecule has 3 aromatic rings. The Morgan fingerprint density at radius 1 is 1.00 bits per heavy atom. The van der Waals surface area contributed by atoms with E-state index >= 15 is 0 Å². The number of hydrogen-bond donors (Lipinski definition) is 1. The SMILES string of the molecule is CC(C)c1cc(-c2nc3ccccc3o2)c(O)c(C(C)C)c1. The highest BCUT2D eigenvalue weighted by Crippen LogP contribution is 2.39. The summed E-state index contributed by atoms with van der Waals surface area (Å²) in [5, 5.41) is 10.6. The van der Waals surface area contributed by atoms with E-state index in [-0.39, 0.29) is 11.7 Å². The van der Waals surface area contributed by atoms with Gasteiger partial charge in [0, 0.05) is 0 Å². The Morgan fingerprint density at radius 2 is 1.73 bits per heavy atom. The van der Waals surface area contributed by atoms with Crippen LogP contribution in [-0.4, -0.2) is 10.1 Å². The first-order chi connectivity index (χ1) is 10.5. The van der Waals surface area contributed by atoms with Gasteiger partial charge in [0.05, 0.1) is 5.56 Å². The molecule has 114 valence electrons. The summed E-state index contributed by atoms with van der Waals surface area (Å²) in [7, 11) is 0. The molecule has 0 aliphatic carbocycles. The Labute approximate surface area is 130 Å². The van der Waals surface area contributed by atoms with E-state index in [1.54, 1.807) is 0 Å². The van der Waals surface area contributed by atoms with E-state index in [0.717, 1.165) is 16.7 Å². The number of oxazole rings is 1. The number of aromatic nitrogens is 1. The van der Waals surface area contributed by atoms with E-state index in [0.29, 0.717) is 17.4 Å². The molecule has 0 amide bonds. The van der Waals surface area contributed by atoms with Crippen LogP contribution in [0, 0.1) is 0 Å². The Bertz CT molecular complexity index is 782. The first-order valence-electron chi connectivity index (χ1n) is 7.70. The second-order valence-corrected chi connectivity index (χ2v) is 6.30. The van der Waals surface area contributed by atoms with Crippen LogP contribution in [-0.2, 0) is 0 Å². The summed E-state index contributed by atoms with van der Waals surface area (Å²) in [4.78, 5) is 4.52. The van der Waals surface area contributed by atoms with Crippen LogP contribution in [0.5, 0.6) is 5.75 Å². The van der Waals surface area contributed by atoms with E-state index in [9.17, 15) is 5.11 Å². The minimum atomic E-state index is 0.238. The summed E-state index contributed by atoms with van der Waals surface area (Å²) in [5.74, 6) is 1.36. The maximum Gasteiger partial charge on any atom is 0.231 e. The third-order valence-corrected chi connectivity index (χ3v) is 3.97. The van der Waals surface area contributed by atoms with E-state index in [1.165, 1.54) is 5.56 Å². The lowest BCUT2D eigenvalue weighted by molar-refractivity contribution is 0.463. The minimum Gasteiger partial charge on any atom is -0.507 e. The molecular formula is C19H21NO2. The molecule has 0 aliphatic rings. The molecule has 3 rings (SSSR count). The van der Waals surface area contributed by atoms with Gasteiger partial charge in [-0.3, -0.25) is 0 Å². The zero-order valence-corrected chi connectivity index (χ0v) is 13.4. The topological polar surface area (TPSA) is 46.3 Å². The molecule has 1 heterocycles. The number of phenolic OH excluding ortho intramolecular Hbond substituents is 1. The molecule has 1 N–H and O–H groups in total. The first kappa shape index (κ1) is 14.6. The van der Waals surface area contributed by atoms with Gasteiger partial charge < -0.3 is 9.52 Å². The number of nitrogens with zero attached hydrogens (tertiary/aromatic N) is 1. The highest BCUT2D eigenvalue weighted by atomic mass is 16.3. The lowest BCUT2D eigenvalue weighted by Crippen LogP contribution is -1.96. The average molecular weight is 295 g/mol. The third kappa shape index (κ3) is 2.47. The monoisotopic (exact) mass is 295 g/mol. The van der Waals surface area contributed by atoms with Crippen molar-refractivity contribution in [1.82, 2.24) is 4.98 Å². The van der Waals surface area contributed by atoms with Crippen LogP contribution in [0.25, 0.3) is 22.6 Å². The van der Waals surface area contributed by atoms with Crippen LogP contribution < -0.4 is 0 Å². The number of fused-ring (bicyclic) bond motifs is 1. The predicted octanol–water partition coefficient (Wildman–Crippen LogP) is 5.45. The van der Waals surface area contributed by atoms with Crippen LogP contribution in [0.1, 0.15) is 50.7 Å². The van der Waals surface area contributed by atoms with Crippen molar-refractivity contribution >= 4 is 11.1 Å². The summed E-state index contributed by atoms with van der Waals surface area (Å²) in [6, 6.07) is 11.7. The molecule has 0 atom stereocenters. The van der Waals surface area contributed by atoms with Crippen molar-refractivity contribution in [3.8, 4) is 17.2 Å². The highest BCUT2D eigenvalue weighted by Gasteiger charge is 2.19. The molecule has 0 spiro atoms. The molecule has 0 saturated carbocycles. The fourth-order valence-electron chi connectivity index (χ4n) is 2.60. The molecule has 0 aliphatic heterocycles. The van der Waals surface area contributed by atoms with Gasteiger partial charge in [-0.25, -0.2) is 4.98 Å². The van der Waals surface area contributed by atoms with Crippen molar-refractivity contribution in [2.75, 3.05) is 0 Å². The normalized spacial score (nSPS) is 11.7. The Kier molecular flexibility index (Phi) is 3.65. The van der Waals surface area contributed by atoms with Crippen molar-refractivity contribution in [2.24, 2.45) is 0 Å². The fraction of sp³-hybridized carbons (Fsp3) is 0.316. The Hall–Kier alpha value is -2.29. The minimum absolute atomic E-state index is 0.238. The average Bonchev–Trinajstić information content (AvgIpc) is 2.90. The largest absolute Gasteiger partial charge is 0.507 e. The molecule has 2 aromatic carbocycles. The Balaban J connectivity index is 2.24. The zero-order valence-electron chi connectivity index (χ0n) is 13.4. The van der Waals surface area contributed by atoms with Gasteiger partial charge in [-0.05, 0) is 41.2 Å². The zero-order chi connectivity index (χ0) is 15.9. The lowest BCUT2D eigenvalue weighted by Gasteiger charge is -2.15. The van der Waals surface area contributed by atoms with Crippen LogP contribution in [0.4, 0.5) is 0 Å². The van der Waals surface area contributed by atoms with Gasteiger partial charge in [-0.2, -0.15) is 0 Å². The van der Waals surface area contributed by atoms with Crippen molar-refractivity contribution < 1.29 is 9.52 Å². The maximum atomic E-state index is 10.6. The summed E-state index contributed by atoms with van der Waals surface area (Å²) < 4.78 is 5.83. The molecule has 0 saturated heterocycles. The molecule has 0 unspecified atom stereocenters. The fourth-order valence-corrected chi connectivity index (χ4v) is 2.60. The van der Waals surface area contributed by atoms with Crippen molar-refractivity contribution in [1.29, 1.82) is 0 Å². The molecule has 3 heteroatoms. The van der Waals surface area contributed by atoms with Gasteiger partial charge in [-0.15, -0.1) is 0 Å². The number of benzene rings is 2. The van der Waals surface area contributed by atoms with Gasteiger partial charge in [0.1, 0.15) is 11.3 Å². The molecule has 3 nitrogen and oxygen atoms in total. The van der Waals surface area contributed by atoms with Crippen molar-refractivity contribution in [3.63, 3.8) is 0 Å². The predicted molar refractivity (Wildman–Crippen MR) is 89.3 cm³/mol. The summed E-state index contributed by atoms with van der Waals surface area (Å²) >= 11 is 0. The maximum absolute atomic E-state index is 10.6. The second-order valence-electron chi connectivity index (χ2n) is 6.30. The molecule has 0 radical (unpaired) electrons. The molecule has 1 aromatic heterocycles. The molecule has 22 heavy (non-hydrogen) atoms. The smallest absolute Gasteiger partial charge is 0.231 e. The van der Waals surface area contributed by atoms with E-state index in [2.05, 4.69) is 38.7 Å². The van der Waals surface area contributed by atoms with E-state index < -0.39 is 0 Å². The summed E-state index contributed by atoms with van der Waals surface area (Å²) in [5.41, 5.74) is 4.32. The number of phenols is 1. The lowest BCUT2D eigenvalue weighted by atomic mass is 9.92. The van der Waals surface area contributed by atoms with Gasteiger partial charge in [0.15, 0.2) is 5.58 Å². The molecule has 0 bridgehead atoms. The van der Waals surface area contributed by atoms with Gasteiger partial charge in [0.25, 0.3) is 0 Å². The number of aromatic hydroxyl groups is 1.